The molecule has 0 fully saturated rings. The van der Waals surface area contributed by atoms with E-state index in [2.05, 4.69) is 5.32 Å². The van der Waals surface area contributed by atoms with Gasteiger partial charge in [0, 0.05) is 10.4 Å². The van der Waals surface area contributed by atoms with E-state index in [1.807, 2.05) is 24.4 Å². The highest BCUT2D eigenvalue weighted by atomic mass is 32.2. The smallest absolute Gasteiger partial charge is 0.255 e. The molecule has 0 saturated heterocycles. The van der Waals surface area contributed by atoms with Gasteiger partial charge in [-0.25, -0.2) is 8.42 Å². The number of thiophene rings is 1. The van der Waals surface area contributed by atoms with Crippen LogP contribution in [-0.2, 0) is 21.2 Å². The van der Waals surface area contributed by atoms with Crippen LogP contribution in [-0.4, -0.2) is 31.0 Å². The monoisotopic (exact) mass is 440 g/mol. The third kappa shape index (κ3) is 3.88. The van der Waals surface area contributed by atoms with Crippen molar-refractivity contribution < 1.29 is 18.0 Å². The summed E-state index contributed by atoms with van der Waals surface area (Å²) < 4.78 is 25.2. The zero-order valence-corrected chi connectivity index (χ0v) is 17.9. The minimum Gasteiger partial charge on any atom is -0.340 e. The van der Waals surface area contributed by atoms with Crippen LogP contribution in [0.25, 0.3) is 0 Å². The van der Waals surface area contributed by atoms with E-state index in [1.165, 1.54) is 28.4 Å². The molecule has 1 aromatic heterocycles. The van der Waals surface area contributed by atoms with Gasteiger partial charge in [0.25, 0.3) is 5.91 Å². The molecule has 0 saturated carbocycles. The molecule has 2 aromatic carbocycles. The summed E-state index contributed by atoms with van der Waals surface area (Å²) in [5, 5.41) is 4.44. The van der Waals surface area contributed by atoms with Crippen LogP contribution in [0, 0.1) is 6.92 Å². The quantitative estimate of drug-likeness (QED) is 0.638. The Balaban J connectivity index is 1.57. The van der Waals surface area contributed by atoms with E-state index in [1.54, 1.807) is 36.4 Å². The summed E-state index contributed by atoms with van der Waals surface area (Å²) in [6, 6.07) is 16.3. The van der Waals surface area contributed by atoms with Gasteiger partial charge in [-0.1, -0.05) is 42.0 Å². The van der Waals surface area contributed by atoms with Gasteiger partial charge in [0.05, 0.1) is 11.4 Å². The molecule has 2 amide bonds. The van der Waals surface area contributed by atoms with E-state index in [-0.39, 0.29) is 17.3 Å². The van der Waals surface area contributed by atoms with Crippen molar-refractivity contribution in [2.75, 3.05) is 5.88 Å². The van der Waals surface area contributed by atoms with Gasteiger partial charge in [-0.2, -0.15) is 0 Å². The Morgan fingerprint density at radius 2 is 1.80 bits per heavy atom. The van der Waals surface area contributed by atoms with Crippen molar-refractivity contribution in [2.24, 2.45) is 0 Å². The molecule has 4 rings (SSSR count). The van der Waals surface area contributed by atoms with E-state index in [0.29, 0.717) is 11.1 Å². The third-order valence-electron chi connectivity index (χ3n) is 5.03. The molecule has 0 radical (unpaired) electrons. The first-order valence-corrected chi connectivity index (χ1v) is 11.9. The molecule has 1 N–H and O–H groups in total. The van der Waals surface area contributed by atoms with Crippen molar-refractivity contribution in [1.29, 1.82) is 0 Å². The van der Waals surface area contributed by atoms with Crippen LogP contribution in [0.4, 0.5) is 0 Å². The minimum absolute atomic E-state index is 0.145. The van der Waals surface area contributed by atoms with Crippen molar-refractivity contribution in [1.82, 2.24) is 10.2 Å². The van der Waals surface area contributed by atoms with Crippen molar-refractivity contribution in [3.63, 3.8) is 0 Å². The third-order valence-corrected chi connectivity index (χ3v) is 7.41. The predicted molar refractivity (Wildman–Crippen MR) is 115 cm³/mol. The Kier molecular flexibility index (Phi) is 5.44. The molecule has 1 unspecified atom stereocenters. The zero-order chi connectivity index (χ0) is 21.3. The second kappa shape index (κ2) is 8.04. The SMILES string of the molecule is Cc1ccc(S(=O)(=O)CNC(=O)C2c3ccccc3C(=O)N2Cc2cccs2)cc1. The van der Waals surface area contributed by atoms with Gasteiger partial charge in [0.15, 0.2) is 9.84 Å². The highest BCUT2D eigenvalue weighted by Gasteiger charge is 2.41. The second-order valence-corrected chi connectivity index (χ2v) is 10.1. The van der Waals surface area contributed by atoms with Crippen LogP contribution in [0.15, 0.2) is 70.9 Å². The van der Waals surface area contributed by atoms with E-state index in [4.69, 9.17) is 0 Å². The Bertz CT molecular complexity index is 1190. The molecule has 1 atom stereocenters. The molecule has 30 heavy (non-hydrogen) atoms. The van der Waals surface area contributed by atoms with Gasteiger partial charge < -0.3 is 10.2 Å². The number of hydrogen-bond acceptors (Lipinski definition) is 5. The number of nitrogens with one attached hydrogen (secondary N) is 1. The van der Waals surface area contributed by atoms with Crippen LogP contribution in [0.1, 0.15) is 32.4 Å². The Morgan fingerprint density at radius 1 is 1.07 bits per heavy atom. The lowest BCUT2D eigenvalue weighted by molar-refractivity contribution is -0.125. The Morgan fingerprint density at radius 3 is 2.50 bits per heavy atom. The summed E-state index contributed by atoms with van der Waals surface area (Å²) >= 11 is 1.50. The topological polar surface area (TPSA) is 83.5 Å². The predicted octanol–water partition coefficient (Wildman–Crippen LogP) is 3.30. The molecule has 1 aliphatic heterocycles. The number of hydrogen-bond donors (Lipinski definition) is 1. The van der Waals surface area contributed by atoms with Crippen molar-refractivity contribution >= 4 is 33.0 Å². The molecular formula is C22H20N2O4S2. The number of amides is 2. The number of nitrogens with zero attached hydrogens (tertiary/aromatic N) is 1. The lowest BCUT2D eigenvalue weighted by atomic mass is 10.0. The Labute approximate surface area is 179 Å². The van der Waals surface area contributed by atoms with E-state index >= 15 is 0 Å². The number of aryl methyl sites for hydroxylation is 1. The first-order chi connectivity index (χ1) is 14.4. The van der Waals surface area contributed by atoms with Crippen LogP contribution in [0.3, 0.4) is 0 Å². The molecule has 0 spiro atoms. The molecule has 3 aromatic rings. The van der Waals surface area contributed by atoms with Crippen molar-refractivity contribution in [3.8, 4) is 0 Å². The largest absolute Gasteiger partial charge is 0.340 e. The average Bonchev–Trinajstić information content (AvgIpc) is 3.34. The number of carbonyl (C=O) groups excluding carboxylic acids is 2. The maximum atomic E-state index is 13.1. The number of sulfone groups is 1. The fraction of sp³-hybridized carbons (Fsp3) is 0.182. The van der Waals surface area contributed by atoms with Gasteiger partial charge in [-0.3, -0.25) is 9.59 Å². The molecule has 0 bridgehead atoms. The zero-order valence-electron chi connectivity index (χ0n) is 16.2. The van der Waals surface area contributed by atoms with E-state index in [9.17, 15) is 18.0 Å². The van der Waals surface area contributed by atoms with Crippen LogP contribution in [0.5, 0.6) is 0 Å². The number of fused-ring (bicyclic) bond motifs is 1. The van der Waals surface area contributed by atoms with Gasteiger partial charge in [0.2, 0.25) is 5.91 Å². The van der Waals surface area contributed by atoms with Gasteiger partial charge in [-0.15, -0.1) is 11.3 Å². The average molecular weight is 441 g/mol. The summed E-state index contributed by atoms with van der Waals surface area (Å²) in [7, 11) is -3.69. The second-order valence-electron chi connectivity index (χ2n) is 7.12. The normalized spacial score (nSPS) is 15.8. The first kappa shape index (κ1) is 20.3. The Hall–Kier alpha value is -2.97. The number of benzene rings is 2. The lowest BCUT2D eigenvalue weighted by Crippen LogP contribution is -2.40. The van der Waals surface area contributed by atoms with E-state index in [0.717, 1.165) is 10.4 Å². The summed E-state index contributed by atoms with van der Waals surface area (Å²) in [4.78, 5) is 28.6. The molecule has 1 aliphatic rings. The van der Waals surface area contributed by atoms with Gasteiger partial charge in [-0.05, 0) is 42.1 Å². The fourth-order valence-electron chi connectivity index (χ4n) is 3.48. The van der Waals surface area contributed by atoms with E-state index < -0.39 is 27.7 Å². The highest BCUT2D eigenvalue weighted by Crippen LogP contribution is 2.35. The van der Waals surface area contributed by atoms with Crippen LogP contribution in [0.2, 0.25) is 0 Å². The summed E-state index contributed by atoms with van der Waals surface area (Å²) in [6.07, 6.45) is 0. The molecule has 6 nitrogen and oxygen atoms in total. The van der Waals surface area contributed by atoms with Crippen LogP contribution >= 0.6 is 11.3 Å². The first-order valence-electron chi connectivity index (χ1n) is 9.36. The number of rotatable bonds is 6. The standard InChI is InChI=1S/C22H20N2O4S2/c1-15-8-10-17(11-9-15)30(27,28)14-23-21(25)20-18-6-2-3-7-19(18)22(26)24(20)13-16-5-4-12-29-16/h2-12,20H,13-14H2,1H3,(H,23,25). The summed E-state index contributed by atoms with van der Waals surface area (Å²) in [6.45, 7) is 2.16. The minimum atomic E-state index is -3.69. The molecule has 154 valence electrons. The van der Waals surface area contributed by atoms with Gasteiger partial charge >= 0.3 is 0 Å². The van der Waals surface area contributed by atoms with Gasteiger partial charge in [0.1, 0.15) is 11.9 Å². The maximum absolute atomic E-state index is 13.1. The molecular weight excluding hydrogens is 420 g/mol. The molecule has 0 aliphatic carbocycles. The summed E-state index contributed by atoms with van der Waals surface area (Å²) in [5.74, 6) is -1.28. The molecule has 2 heterocycles. The summed E-state index contributed by atoms with van der Waals surface area (Å²) in [5.41, 5.74) is 2.00. The fourth-order valence-corrected chi connectivity index (χ4v) is 5.23. The number of carbonyl (C=O) groups is 2. The van der Waals surface area contributed by atoms with Crippen molar-refractivity contribution in [3.05, 3.63) is 87.6 Å². The molecule has 8 heteroatoms. The van der Waals surface area contributed by atoms with Crippen molar-refractivity contribution in [2.45, 2.75) is 24.4 Å². The van der Waals surface area contributed by atoms with Crippen LogP contribution < -0.4 is 5.32 Å². The lowest BCUT2D eigenvalue weighted by Gasteiger charge is -2.24. The maximum Gasteiger partial charge on any atom is 0.255 e. The highest BCUT2D eigenvalue weighted by molar-refractivity contribution is 7.91.